The average Bonchev–Trinajstić information content (AvgIpc) is 2.75. The monoisotopic (exact) mass is 290 g/mol. The van der Waals surface area contributed by atoms with Crippen LogP contribution >= 0.6 is 0 Å². The molecule has 10 heteroatoms. The molecule has 0 aliphatic rings. The minimum atomic E-state index is -4.13. The van der Waals surface area contributed by atoms with Gasteiger partial charge in [0, 0.05) is 6.04 Å². The number of nitrogens with one attached hydrogen (secondary N) is 3. The normalized spacial score (nSPS) is 11.5. The molecule has 9 nitrogen and oxygen atoms in total. The molecule has 1 aromatic heterocycles. The van der Waals surface area contributed by atoms with Crippen LogP contribution in [0.15, 0.2) is 11.2 Å². The van der Waals surface area contributed by atoms with Gasteiger partial charge in [0.05, 0.1) is 12.7 Å². The molecule has 0 saturated heterocycles. The Kier molecular flexibility index (Phi) is 4.62. The van der Waals surface area contributed by atoms with Crippen molar-refractivity contribution in [2.45, 2.75) is 24.9 Å². The molecular weight excluding hydrogens is 276 g/mol. The maximum absolute atomic E-state index is 11.8. The van der Waals surface area contributed by atoms with Gasteiger partial charge < -0.3 is 10.4 Å². The predicted molar refractivity (Wildman–Crippen MR) is 64.0 cm³/mol. The van der Waals surface area contributed by atoms with Crippen molar-refractivity contribution in [3.8, 4) is 0 Å². The number of H-pyrrole nitrogens is 1. The van der Waals surface area contributed by atoms with Crippen LogP contribution in [-0.4, -0.2) is 48.2 Å². The lowest BCUT2D eigenvalue weighted by Crippen LogP contribution is -2.40. The van der Waals surface area contributed by atoms with Crippen LogP contribution in [0.1, 0.15) is 24.2 Å². The summed E-state index contributed by atoms with van der Waals surface area (Å²) < 4.78 is 25.6. The molecule has 106 valence electrons. The van der Waals surface area contributed by atoms with Gasteiger partial charge in [-0.3, -0.25) is 9.89 Å². The lowest BCUT2D eigenvalue weighted by molar-refractivity contribution is -0.120. The molecule has 1 amide bonds. The van der Waals surface area contributed by atoms with E-state index < -0.39 is 39.0 Å². The molecule has 0 saturated carbocycles. The number of carboxylic acids is 1. The Morgan fingerprint density at radius 1 is 1.47 bits per heavy atom. The summed E-state index contributed by atoms with van der Waals surface area (Å²) in [6.45, 7) is 2.96. The van der Waals surface area contributed by atoms with Gasteiger partial charge in [0.25, 0.3) is 10.0 Å². The molecule has 0 aliphatic heterocycles. The molecule has 19 heavy (non-hydrogen) atoms. The Morgan fingerprint density at radius 2 is 2.11 bits per heavy atom. The van der Waals surface area contributed by atoms with Crippen molar-refractivity contribution in [2.75, 3.05) is 6.54 Å². The highest BCUT2D eigenvalue weighted by Gasteiger charge is 2.25. The Hall–Kier alpha value is -1.94. The fourth-order valence-electron chi connectivity index (χ4n) is 1.24. The summed E-state index contributed by atoms with van der Waals surface area (Å²) in [7, 11) is -4.13. The van der Waals surface area contributed by atoms with Crippen molar-refractivity contribution >= 4 is 21.9 Å². The fraction of sp³-hybridized carbons (Fsp3) is 0.444. The number of aromatic carboxylic acids is 1. The van der Waals surface area contributed by atoms with Crippen molar-refractivity contribution in [3.05, 3.63) is 11.8 Å². The summed E-state index contributed by atoms with van der Waals surface area (Å²) in [5.41, 5.74) is -0.489. The van der Waals surface area contributed by atoms with Gasteiger partial charge in [0.1, 0.15) is 5.56 Å². The van der Waals surface area contributed by atoms with Crippen molar-refractivity contribution in [3.63, 3.8) is 0 Å². The molecule has 0 aromatic carbocycles. The maximum Gasteiger partial charge on any atom is 0.340 e. The van der Waals surface area contributed by atoms with Crippen LogP contribution < -0.4 is 10.0 Å². The molecule has 0 unspecified atom stereocenters. The minimum absolute atomic E-state index is 0.126. The van der Waals surface area contributed by atoms with E-state index in [2.05, 4.69) is 15.5 Å². The number of carbonyl (C=O) groups excluding carboxylic acids is 1. The van der Waals surface area contributed by atoms with Crippen molar-refractivity contribution < 1.29 is 23.1 Å². The first-order chi connectivity index (χ1) is 8.74. The van der Waals surface area contributed by atoms with Gasteiger partial charge in [0.2, 0.25) is 5.91 Å². The molecule has 0 spiro atoms. The van der Waals surface area contributed by atoms with E-state index in [0.29, 0.717) is 0 Å². The summed E-state index contributed by atoms with van der Waals surface area (Å²) in [4.78, 5) is 22.1. The van der Waals surface area contributed by atoms with E-state index in [4.69, 9.17) is 5.11 Å². The summed E-state index contributed by atoms with van der Waals surface area (Å²) in [5, 5.41) is 16.1. The molecule has 0 atom stereocenters. The second kappa shape index (κ2) is 5.80. The van der Waals surface area contributed by atoms with Crippen molar-refractivity contribution in [1.29, 1.82) is 0 Å². The molecule has 1 heterocycles. The van der Waals surface area contributed by atoms with Gasteiger partial charge in [-0.15, -0.1) is 0 Å². The summed E-state index contributed by atoms with van der Waals surface area (Å²) in [6, 6.07) is -0.126. The van der Waals surface area contributed by atoms with E-state index >= 15 is 0 Å². The van der Waals surface area contributed by atoms with Gasteiger partial charge in [0.15, 0.2) is 5.03 Å². The molecule has 0 fully saturated rings. The number of hydrogen-bond acceptors (Lipinski definition) is 5. The van der Waals surface area contributed by atoms with Crippen LogP contribution in [0.25, 0.3) is 0 Å². The molecule has 4 N–H and O–H groups in total. The molecular formula is C9H14N4O5S. The average molecular weight is 290 g/mol. The standard InChI is InChI=1S/C9H14N4O5S/c1-5(2)12-7(14)4-11-19(17,18)8-6(9(15)16)3-10-13-8/h3,5,11H,4H2,1-2H3,(H,10,13)(H,12,14)(H,15,16). The van der Waals surface area contributed by atoms with E-state index in [1.807, 2.05) is 4.72 Å². The summed E-state index contributed by atoms with van der Waals surface area (Å²) in [6.07, 6.45) is 0.880. The van der Waals surface area contributed by atoms with E-state index in [0.717, 1.165) is 6.20 Å². The fourth-order valence-corrected chi connectivity index (χ4v) is 2.31. The number of nitrogens with zero attached hydrogens (tertiary/aromatic N) is 1. The minimum Gasteiger partial charge on any atom is -0.478 e. The molecule has 0 aliphatic carbocycles. The smallest absolute Gasteiger partial charge is 0.340 e. The van der Waals surface area contributed by atoms with Crippen LogP contribution in [0.2, 0.25) is 0 Å². The third-order valence-corrected chi connectivity index (χ3v) is 3.35. The third kappa shape index (κ3) is 4.03. The van der Waals surface area contributed by atoms with E-state index in [1.54, 1.807) is 13.8 Å². The number of aromatic amines is 1. The number of amides is 1. The Bertz CT molecular complexity index is 577. The Labute approximate surface area is 109 Å². The number of hydrogen-bond donors (Lipinski definition) is 4. The van der Waals surface area contributed by atoms with Gasteiger partial charge in [-0.05, 0) is 13.8 Å². The quantitative estimate of drug-likeness (QED) is 0.524. The highest BCUT2D eigenvalue weighted by atomic mass is 32.2. The van der Waals surface area contributed by atoms with Gasteiger partial charge >= 0.3 is 5.97 Å². The van der Waals surface area contributed by atoms with Crippen molar-refractivity contribution in [1.82, 2.24) is 20.2 Å². The molecule has 0 radical (unpaired) electrons. The lowest BCUT2D eigenvalue weighted by Gasteiger charge is -2.09. The number of carboxylic acid groups (broad SMARTS) is 1. The highest BCUT2D eigenvalue weighted by molar-refractivity contribution is 7.89. The lowest BCUT2D eigenvalue weighted by atomic mass is 10.4. The van der Waals surface area contributed by atoms with Gasteiger partial charge in [-0.1, -0.05) is 0 Å². The third-order valence-electron chi connectivity index (χ3n) is 1.98. The predicted octanol–water partition coefficient (Wildman–Crippen LogP) is -1.09. The maximum atomic E-state index is 11.8. The van der Waals surface area contributed by atoms with E-state index in [-0.39, 0.29) is 6.04 Å². The summed E-state index contributed by atoms with van der Waals surface area (Å²) >= 11 is 0. The second-order valence-electron chi connectivity index (χ2n) is 3.96. The molecule has 0 bridgehead atoms. The second-order valence-corrected chi connectivity index (χ2v) is 5.67. The largest absolute Gasteiger partial charge is 0.478 e. The van der Waals surface area contributed by atoms with Gasteiger partial charge in [-0.2, -0.15) is 5.10 Å². The van der Waals surface area contributed by atoms with E-state index in [9.17, 15) is 18.0 Å². The zero-order chi connectivity index (χ0) is 14.6. The molecule has 1 rings (SSSR count). The number of aromatic nitrogens is 2. The van der Waals surface area contributed by atoms with Gasteiger partial charge in [-0.25, -0.2) is 17.9 Å². The zero-order valence-corrected chi connectivity index (χ0v) is 11.1. The number of carbonyl (C=O) groups is 2. The first-order valence-corrected chi connectivity index (χ1v) is 6.78. The van der Waals surface area contributed by atoms with Crippen LogP contribution in [0.3, 0.4) is 0 Å². The summed E-state index contributed by atoms with van der Waals surface area (Å²) in [5.74, 6) is -1.95. The zero-order valence-electron chi connectivity index (χ0n) is 10.3. The van der Waals surface area contributed by atoms with Crippen molar-refractivity contribution in [2.24, 2.45) is 0 Å². The molecule has 1 aromatic rings. The Balaban J connectivity index is 2.79. The van der Waals surface area contributed by atoms with Crippen LogP contribution in [0.4, 0.5) is 0 Å². The SMILES string of the molecule is CC(C)NC(=O)CNS(=O)(=O)c1[nH]ncc1C(=O)O. The first kappa shape index (κ1) is 15.1. The number of sulfonamides is 1. The topological polar surface area (TPSA) is 141 Å². The highest BCUT2D eigenvalue weighted by Crippen LogP contribution is 2.10. The van der Waals surface area contributed by atoms with Crippen LogP contribution in [0.5, 0.6) is 0 Å². The number of rotatable bonds is 6. The Morgan fingerprint density at radius 3 is 2.63 bits per heavy atom. The van der Waals surface area contributed by atoms with Crippen LogP contribution in [-0.2, 0) is 14.8 Å². The van der Waals surface area contributed by atoms with E-state index in [1.165, 1.54) is 0 Å². The first-order valence-electron chi connectivity index (χ1n) is 5.29. The van der Waals surface area contributed by atoms with Crippen LogP contribution in [0, 0.1) is 0 Å².